The molecule has 119 heavy (non-hydrogen) atoms. The number of aromatic hydroxyl groups is 1. The number of phenolic OH excluding ortho intramolecular Hbond substituents is 1. The number of aliphatic hydroxyl groups excluding tert-OH is 1. The molecule has 3 atom stereocenters. The second kappa shape index (κ2) is 41.2. The number of hydrogen-bond donors (Lipinski definition) is 13. The van der Waals surface area contributed by atoms with Crippen LogP contribution in [0.1, 0.15) is 192 Å². The van der Waals surface area contributed by atoms with Gasteiger partial charge in [0.1, 0.15) is 50.7 Å². The summed E-state index contributed by atoms with van der Waals surface area (Å²) in [4.78, 5) is 109. The first kappa shape index (κ1) is 91.3. The van der Waals surface area contributed by atoms with E-state index in [0.717, 1.165) is 86.3 Å². The summed E-state index contributed by atoms with van der Waals surface area (Å²) in [5.41, 5.74) is 10.6. The molecule has 0 spiro atoms. The van der Waals surface area contributed by atoms with E-state index in [2.05, 4.69) is 70.8 Å². The summed E-state index contributed by atoms with van der Waals surface area (Å²) in [6, 6.07) is 23.9. The monoisotopic (exact) mass is 1670 g/mol. The highest BCUT2D eigenvalue weighted by molar-refractivity contribution is 7.86. The predicted molar refractivity (Wildman–Crippen MR) is 449 cm³/mol. The number of likely N-dealkylation sites (N-methyl/N-ethyl adjacent to an activating group) is 1. The van der Waals surface area contributed by atoms with E-state index in [1.54, 1.807) is 42.5 Å². The molecule has 0 bridgehead atoms. The van der Waals surface area contributed by atoms with Crippen LogP contribution >= 0.6 is 0 Å². The Hall–Kier alpha value is -11.6. The molecule has 6 amide bonds. The first-order chi connectivity index (χ1) is 56.4. The molecule has 1 aliphatic carbocycles. The third-order valence-corrected chi connectivity index (χ3v) is 23.4. The molecule has 3 unspecified atom stereocenters. The molecule has 0 saturated heterocycles. The molecule has 3 aliphatic rings. The van der Waals surface area contributed by atoms with Crippen molar-refractivity contribution in [3.63, 3.8) is 0 Å². The zero-order valence-corrected chi connectivity index (χ0v) is 69.4. The van der Waals surface area contributed by atoms with E-state index in [1.165, 1.54) is 31.2 Å². The topological polar surface area (TPSA) is 483 Å². The number of aliphatic imine (C=N–C) groups is 1. The number of aromatic amines is 1. The van der Waals surface area contributed by atoms with Crippen molar-refractivity contribution in [1.82, 2.24) is 36.9 Å². The van der Waals surface area contributed by atoms with Crippen molar-refractivity contribution in [3.8, 4) is 28.1 Å². The van der Waals surface area contributed by atoms with Crippen molar-refractivity contribution in [2.24, 2.45) is 4.99 Å². The molecule has 5 aromatic carbocycles. The second-order valence-corrected chi connectivity index (χ2v) is 34.1. The Morgan fingerprint density at radius 2 is 1.21 bits per heavy atom. The summed E-state index contributed by atoms with van der Waals surface area (Å²) < 4.78 is 75.0. The van der Waals surface area contributed by atoms with E-state index in [9.17, 15) is 84.7 Å². The van der Waals surface area contributed by atoms with Gasteiger partial charge < -0.3 is 76.4 Å². The summed E-state index contributed by atoms with van der Waals surface area (Å²) >= 11 is 0. The first-order valence-corrected chi connectivity index (χ1v) is 42.8. The van der Waals surface area contributed by atoms with E-state index in [1.807, 2.05) is 82.1 Å². The van der Waals surface area contributed by atoms with Gasteiger partial charge in [0.2, 0.25) is 29.3 Å². The van der Waals surface area contributed by atoms with Gasteiger partial charge in [-0.05, 0) is 210 Å². The first-order valence-electron chi connectivity index (χ1n) is 40.0. The number of rotatable bonds is 42. The number of H-pyrrole nitrogens is 1. The number of carbonyl (C=O) groups excluding carboxylic acids is 5. The summed E-state index contributed by atoms with van der Waals surface area (Å²) in [7, 11) is -7.51. The molecule has 1 aromatic heterocycles. The number of amidine groups is 1. The fourth-order valence-electron chi connectivity index (χ4n) is 15.2. The maximum absolute atomic E-state index is 14.1. The van der Waals surface area contributed by atoms with Crippen LogP contribution in [0.25, 0.3) is 33.3 Å². The summed E-state index contributed by atoms with van der Waals surface area (Å²) in [6.45, 7) is 10.6. The van der Waals surface area contributed by atoms with Crippen LogP contribution in [0.15, 0.2) is 165 Å². The normalized spacial score (nSPS) is 15.9. The summed E-state index contributed by atoms with van der Waals surface area (Å²) in [6.07, 6.45) is 18.5. The van der Waals surface area contributed by atoms with Gasteiger partial charge in [0.25, 0.3) is 0 Å². The van der Waals surface area contributed by atoms with Crippen LogP contribution in [0.2, 0.25) is 0 Å². The third-order valence-electron chi connectivity index (χ3n) is 21.7. The molecule has 0 saturated carbocycles. The lowest BCUT2D eigenvalue weighted by Gasteiger charge is -2.24. The van der Waals surface area contributed by atoms with E-state index in [-0.39, 0.29) is 96.6 Å². The number of aliphatic hydroxyl groups is 1. The molecule has 9 rings (SSSR count). The van der Waals surface area contributed by atoms with Gasteiger partial charge in [0, 0.05) is 122 Å². The number of benzene rings is 5. The van der Waals surface area contributed by atoms with Crippen LogP contribution in [0, 0.1) is 5.41 Å². The van der Waals surface area contributed by atoms with Crippen molar-refractivity contribution in [3.05, 3.63) is 173 Å². The lowest BCUT2D eigenvalue weighted by Crippen LogP contribution is -2.51. The fourth-order valence-corrected chi connectivity index (χ4v) is 16.2. The number of nitrogens with zero attached hydrogens (tertiary/aromatic N) is 3. The Morgan fingerprint density at radius 3 is 1.83 bits per heavy atom. The summed E-state index contributed by atoms with van der Waals surface area (Å²) in [5.74, 6) is -5.53. The van der Waals surface area contributed by atoms with Gasteiger partial charge >= 0.3 is 23.9 Å². The quantitative estimate of drug-likeness (QED) is 0.00556. The molecule has 2 aliphatic heterocycles. The van der Waals surface area contributed by atoms with Gasteiger partial charge in [-0.1, -0.05) is 75.2 Å². The zero-order valence-electron chi connectivity index (χ0n) is 67.7. The number of unbranched alkanes of at least 4 members (excludes halogenated alkanes) is 7. The number of nitrogens with one attached hydrogen (secondary N) is 8. The molecule has 636 valence electrons. The number of carboxylic acids is 3. The van der Waals surface area contributed by atoms with E-state index >= 15 is 0 Å². The minimum Gasteiger partial charge on any atom is -0.744 e. The molecule has 30 nitrogen and oxygen atoms in total. The van der Waals surface area contributed by atoms with Crippen LogP contribution in [-0.4, -0.2) is 171 Å². The highest BCUT2D eigenvalue weighted by Gasteiger charge is 2.45. The average Bonchev–Trinajstić information content (AvgIpc) is 1.59. The molecule has 0 fully saturated rings. The van der Waals surface area contributed by atoms with Gasteiger partial charge in [-0.15, -0.1) is 0 Å². The second-order valence-electron chi connectivity index (χ2n) is 31.3. The maximum atomic E-state index is 14.1. The Labute approximate surface area is 692 Å². The molecule has 3 heterocycles. The van der Waals surface area contributed by atoms with Crippen molar-refractivity contribution >= 4 is 108 Å². The number of amides is 6. The van der Waals surface area contributed by atoms with E-state index < -0.39 is 91.9 Å². The fraction of sp³-hybridized carbons (Fsp3) is 0.414. The van der Waals surface area contributed by atoms with Crippen molar-refractivity contribution in [2.75, 3.05) is 31.6 Å². The maximum Gasteiger partial charge on any atom is 0.326 e. The highest BCUT2D eigenvalue weighted by Crippen LogP contribution is 2.48. The number of phenols is 1. The van der Waals surface area contributed by atoms with Crippen LogP contribution in [0.3, 0.4) is 0 Å². The minimum atomic E-state index is -4.77. The largest absolute Gasteiger partial charge is 0.744 e. The standard InChI is InChI=1S/C87H107N11O19S2/c1-54(99)92-81(88)60-32-36-67-61(48-60)50-71(93-67)64-49-59(33-40-74(64)100)58-30-26-57(27-31-58)53-91-82(106)68(94-79(103)25-11-8-7-10-23-77(101)90-45-16-14-22-69(83(107)108)95-85(111)96-70(84(109)110)37-43-80(104)105)21-13-15-44-89-78(102)24-12-9-17-46-98-73-39-35-63(119(115,116)117)52-66(73)87(4,5)76(98)42-29-56-20-18-19-55(47-56)28-41-75-86(2,3)65-51-62(118(112,113)114)34-38-72(65)97(75)6/h26-36,38-42,47-52,68-70H,7-25,37,43-46,53H2,1-6H3,(H14-,88,89,90,91,92,93,94,95,96,99,100,101,102,103,104,105,106,107,108,109,110,111,112,113,114,115,116,117)/p-1. The number of carboxylic acid groups (broad SMARTS) is 3. The SMILES string of the molecule is CC(O)=NC(=N)c1ccc2[nH]c(-c3cc(-c4ccc(CNC(=O)C(CCCCNC(=O)CCCCC[N+]5=C(/C=C/C6=CC(=C/C=C7/N(C)c8ccc(S(=O)(=O)[O-])cc8C7(C)C)/CCC6)C(C)(C)c6cc(S(=O)(=O)[O-])ccc65)NC(=O)CCCCCCC(=O)NCCCCC(NC(=O)NC(CCC(=O)O)C(=O)O)C(=O)O)cc4)ccc3O)cc2c1. The Bertz CT molecular complexity index is 5250. The predicted octanol–water partition coefficient (Wildman–Crippen LogP) is 11.9. The van der Waals surface area contributed by atoms with E-state index in [4.69, 9.17) is 10.5 Å². The highest BCUT2D eigenvalue weighted by atomic mass is 32.2. The number of hydrogen-bond acceptors (Lipinski definition) is 17. The third kappa shape index (κ3) is 25.5. The van der Waals surface area contributed by atoms with Gasteiger partial charge in [0.15, 0.2) is 17.4 Å². The van der Waals surface area contributed by atoms with Crippen LogP contribution in [0.4, 0.5) is 16.2 Å². The van der Waals surface area contributed by atoms with Crippen molar-refractivity contribution in [1.29, 1.82) is 5.41 Å². The minimum absolute atomic E-state index is 0.0305. The van der Waals surface area contributed by atoms with Crippen LogP contribution in [0.5, 0.6) is 5.75 Å². The van der Waals surface area contributed by atoms with Gasteiger partial charge in [0.05, 0.1) is 20.9 Å². The van der Waals surface area contributed by atoms with Crippen molar-refractivity contribution < 1.29 is 94.4 Å². The molecule has 32 heteroatoms. The Morgan fingerprint density at radius 1 is 0.613 bits per heavy atom. The molecular weight excluding hydrogens is 1570 g/mol. The molecule has 13 N–H and O–H groups in total. The number of aliphatic carboxylic acids is 3. The Kier molecular flexibility index (Phi) is 31.6. The van der Waals surface area contributed by atoms with E-state index in [0.29, 0.717) is 99.7 Å². The average molecular weight is 1670 g/mol. The Balaban J connectivity index is 0.764. The molecular formula is C87H106N11O19S2-. The van der Waals surface area contributed by atoms with Gasteiger partial charge in [-0.25, -0.2) is 31.2 Å². The van der Waals surface area contributed by atoms with Crippen LogP contribution in [-0.2, 0) is 71.2 Å². The van der Waals surface area contributed by atoms with Gasteiger partial charge in [-0.2, -0.15) is 9.57 Å². The summed E-state index contributed by atoms with van der Waals surface area (Å²) in [5, 5.41) is 73.4. The lowest BCUT2D eigenvalue weighted by molar-refractivity contribution is -0.438. The molecule has 0 radical (unpaired) electrons. The number of carbonyl (C=O) groups is 8. The van der Waals surface area contributed by atoms with Gasteiger partial charge in [-0.3, -0.25) is 29.4 Å². The zero-order chi connectivity index (χ0) is 86.5. The number of anilines is 1. The lowest BCUT2D eigenvalue weighted by atomic mass is 9.81. The van der Waals surface area contributed by atoms with Crippen molar-refractivity contribution in [2.45, 2.75) is 215 Å². The number of urea groups is 1. The number of allylic oxidation sites excluding steroid dienone is 8. The molecule has 6 aromatic rings. The van der Waals surface area contributed by atoms with Crippen LogP contribution < -0.4 is 36.8 Å². The number of aromatic nitrogens is 1. The smallest absolute Gasteiger partial charge is 0.326 e. The number of fused-ring (bicyclic) bond motifs is 3.